The molecular formula is C18H28N4O2. The Morgan fingerprint density at radius 2 is 2.04 bits per heavy atom. The van der Waals surface area contributed by atoms with Gasteiger partial charge < -0.3 is 16.0 Å². The van der Waals surface area contributed by atoms with E-state index < -0.39 is 0 Å². The number of carbonyl (C=O) groups is 2. The molecular weight excluding hydrogens is 304 g/mol. The number of anilines is 1. The van der Waals surface area contributed by atoms with Crippen LogP contribution in [0, 0.1) is 0 Å². The largest absolute Gasteiger partial charge is 0.346 e. The van der Waals surface area contributed by atoms with Crippen LogP contribution in [0.1, 0.15) is 25.3 Å². The van der Waals surface area contributed by atoms with Crippen molar-refractivity contribution in [2.45, 2.75) is 32.2 Å². The molecule has 2 amide bonds. The van der Waals surface area contributed by atoms with Crippen LogP contribution in [0.3, 0.4) is 0 Å². The number of likely N-dealkylation sites (N-methyl/N-ethyl adjacent to an activating group) is 1. The van der Waals surface area contributed by atoms with Gasteiger partial charge in [0.1, 0.15) is 0 Å². The van der Waals surface area contributed by atoms with E-state index in [0.29, 0.717) is 12.6 Å². The van der Waals surface area contributed by atoms with E-state index >= 15 is 0 Å². The van der Waals surface area contributed by atoms with Gasteiger partial charge in [0.2, 0.25) is 11.8 Å². The van der Waals surface area contributed by atoms with E-state index in [1.807, 2.05) is 38.2 Å². The minimum Gasteiger partial charge on any atom is -0.346 e. The first kappa shape index (κ1) is 18.4. The van der Waals surface area contributed by atoms with Crippen LogP contribution in [0.15, 0.2) is 24.3 Å². The number of piperidine rings is 1. The van der Waals surface area contributed by atoms with Gasteiger partial charge in [-0.25, -0.2) is 0 Å². The summed E-state index contributed by atoms with van der Waals surface area (Å²) in [6, 6.07) is 8.16. The zero-order valence-electron chi connectivity index (χ0n) is 14.6. The molecule has 1 aromatic rings. The second-order valence-electron chi connectivity index (χ2n) is 6.20. The molecule has 0 bridgehead atoms. The van der Waals surface area contributed by atoms with Crippen LogP contribution in [0.25, 0.3) is 0 Å². The number of nitrogens with zero attached hydrogens (tertiary/aromatic N) is 1. The number of hydrogen-bond acceptors (Lipinski definition) is 4. The summed E-state index contributed by atoms with van der Waals surface area (Å²) in [5, 5.41) is 8.82. The lowest BCUT2D eigenvalue weighted by Crippen LogP contribution is -2.48. The van der Waals surface area contributed by atoms with Crippen LogP contribution >= 0.6 is 0 Å². The van der Waals surface area contributed by atoms with Crippen LogP contribution in [-0.2, 0) is 16.0 Å². The van der Waals surface area contributed by atoms with E-state index in [0.717, 1.165) is 43.6 Å². The molecule has 1 aliphatic rings. The highest BCUT2D eigenvalue weighted by molar-refractivity contribution is 5.95. The highest BCUT2D eigenvalue weighted by Gasteiger charge is 2.20. The van der Waals surface area contributed by atoms with Gasteiger partial charge in [0.05, 0.1) is 13.1 Å². The zero-order chi connectivity index (χ0) is 17.4. The topological polar surface area (TPSA) is 73.5 Å². The van der Waals surface area contributed by atoms with Gasteiger partial charge >= 0.3 is 0 Å². The van der Waals surface area contributed by atoms with Gasteiger partial charge in [-0.3, -0.25) is 14.5 Å². The zero-order valence-corrected chi connectivity index (χ0v) is 14.6. The SMILES string of the molecule is CCc1ccccc1NC(=O)CNC(=O)CN1CCCC(NC)C1. The van der Waals surface area contributed by atoms with Gasteiger partial charge in [-0.1, -0.05) is 25.1 Å². The lowest BCUT2D eigenvalue weighted by molar-refractivity contribution is -0.125. The molecule has 0 aromatic heterocycles. The van der Waals surface area contributed by atoms with Gasteiger partial charge in [-0.2, -0.15) is 0 Å². The molecule has 6 heteroatoms. The number of hydrogen-bond donors (Lipinski definition) is 3. The van der Waals surface area contributed by atoms with Crippen molar-refractivity contribution < 1.29 is 9.59 Å². The van der Waals surface area contributed by atoms with E-state index in [2.05, 4.69) is 20.9 Å². The minimum absolute atomic E-state index is 0.000177. The van der Waals surface area contributed by atoms with Crippen molar-refractivity contribution in [3.63, 3.8) is 0 Å². The molecule has 0 saturated carbocycles. The number of benzene rings is 1. The number of nitrogens with one attached hydrogen (secondary N) is 3. The summed E-state index contributed by atoms with van der Waals surface area (Å²) in [4.78, 5) is 26.2. The summed E-state index contributed by atoms with van der Waals surface area (Å²) in [7, 11) is 1.95. The van der Waals surface area contributed by atoms with Crippen molar-refractivity contribution in [2.24, 2.45) is 0 Å². The van der Waals surface area contributed by atoms with Gasteiger partial charge in [-0.05, 0) is 44.5 Å². The lowest BCUT2D eigenvalue weighted by Gasteiger charge is -2.31. The Hall–Kier alpha value is -1.92. The number of amides is 2. The third kappa shape index (κ3) is 5.62. The first-order chi connectivity index (χ1) is 11.6. The van der Waals surface area contributed by atoms with Crippen LogP contribution < -0.4 is 16.0 Å². The fourth-order valence-corrected chi connectivity index (χ4v) is 3.02. The van der Waals surface area contributed by atoms with Crippen LogP contribution in [0.2, 0.25) is 0 Å². The molecule has 1 unspecified atom stereocenters. The maximum atomic E-state index is 12.0. The van der Waals surface area contributed by atoms with Crippen molar-refractivity contribution in [2.75, 3.05) is 38.5 Å². The van der Waals surface area contributed by atoms with E-state index in [4.69, 9.17) is 0 Å². The first-order valence-corrected chi connectivity index (χ1v) is 8.66. The standard InChI is InChI=1S/C18H28N4O2/c1-3-14-7-4-5-9-16(14)21-17(23)11-20-18(24)13-22-10-6-8-15(12-22)19-2/h4-5,7,9,15,19H,3,6,8,10-13H2,1-2H3,(H,20,24)(H,21,23). The summed E-state index contributed by atoms with van der Waals surface area (Å²) >= 11 is 0. The molecule has 132 valence electrons. The molecule has 0 aliphatic carbocycles. The molecule has 24 heavy (non-hydrogen) atoms. The maximum Gasteiger partial charge on any atom is 0.243 e. The van der Waals surface area contributed by atoms with Crippen molar-refractivity contribution in [1.82, 2.24) is 15.5 Å². The molecule has 1 atom stereocenters. The van der Waals surface area contributed by atoms with E-state index in [-0.39, 0.29) is 18.4 Å². The monoisotopic (exact) mass is 332 g/mol. The van der Waals surface area contributed by atoms with Crippen molar-refractivity contribution in [3.8, 4) is 0 Å². The molecule has 0 spiro atoms. The fourth-order valence-electron chi connectivity index (χ4n) is 3.02. The van der Waals surface area contributed by atoms with E-state index in [1.165, 1.54) is 0 Å². The molecule has 1 fully saturated rings. The Kier molecular flexibility index (Phi) is 7.21. The second-order valence-corrected chi connectivity index (χ2v) is 6.20. The Morgan fingerprint density at radius 1 is 1.25 bits per heavy atom. The predicted octanol–water partition coefficient (Wildman–Crippen LogP) is 0.988. The molecule has 1 saturated heterocycles. The molecule has 1 aromatic carbocycles. The molecule has 6 nitrogen and oxygen atoms in total. The van der Waals surface area contributed by atoms with Gasteiger partial charge in [0, 0.05) is 18.3 Å². The summed E-state index contributed by atoms with van der Waals surface area (Å²) in [5.41, 5.74) is 1.90. The highest BCUT2D eigenvalue weighted by Crippen LogP contribution is 2.15. The van der Waals surface area contributed by atoms with E-state index in [1.54, 1.807) is 0 Å². The maximum absolute atomic E-state index is 12.0. The second kappa shape index (κ2) is 9.39. The van der Waals surface area contributed by atoms with Crippen LogP contribution in [-0.4, -0.2) is 56.0 Å². The smallest absolute Gasteiger partial charge is 0.243 e. The Balaban J connectivity index is 1.74. The lowest BCUT2D eigenvalue weighted by atomic mass is 10.1. The third-order valence-electron chi connectivity index (χ3n) is 4.40. The van der Waals surface area contributed by atoms with Crippen LogP contribution in [0.4, 0.5) is 5.69 Å². The van der Waals surface area contributed by atoms with Crippen molar-refractivity contribution in [1.29, 1.82) is 0 Å². The first-order valence-electron chi connectivity index (χ1n) is 8.66. The highest BCUT2D eigenvalue weighted by atomic mass is 16.2. The Labute approximate surface area is 144 Å². The number of para-hydroxylation sites is 1. The van der Waals surface area contributed by atoms with Crippen LogP contribution in [0.5, 0.6) is 0 Å². The molecule has 1 heterocycles. The number of aryl methyl sites for hydroxylation is 1. The van der Waals surface area contributed by atoms with Gasteiger partial charge in [0.15, 0.2) is 0 Å². The summed E-state index contributed by atoms with van der Waals surface area (Å²) in [6.45, 7) is 4.20. The fraction of sp³-hybridized carbons (Fsp3) is 0.556. The van der Waals surface area contributed by atoms with Crippen molar-refractivity contribution >= 4 is 17.5 Å². The number of likely N-dealkylation sites (tertiary alicyclic amines) is 1. The minimum atomic E-state index is -0.198. The average Bonchev–Trinajstić information content (AvgIpc) is 2.60. The molecule has 2 rings (SSSR count). The summed E-state index contributed by atoms with van der Waals surface area (Å²) in [6.07, 6.45) is 3.09. The molecule has 3 N–H and O–H groups in total. The normalized spacial score (nSPS) is 18.2. The van der Waals surface area contributed by atoms with Gasteiger partial charge in [0.25, 0.3) is 0 Å². The average molecular weight is 332 g/mol. The Bertz CT molecular complexity index is 562. The van der Waals surface area contributed by atoms with Crippen molar-refractivity contribution in [3.05, 3.63) is 29.8 Å². The van der Waals surface area contributed by atoms with E-state index in [9.17, 15) is 9.59 Å². The molecule has 0 radical (unpaired) electrons. The predicted molar refractivity (Wildman–Crippen MR) is 96.0 cm³/mol. The number of rotatable bonds is 7. The summed E-state index contributed by atoms with van der Waals surface area (Å²) in [5.74, 6) is -0.304. The molecule has 1 aliphatic heterocycles. The summed E-state index contributed by atoms with van der Waals surface area (Å²) < 4.78 is 0. The number of carbonyl (C=O) groups excluding carboxylic acids is 2. The quantitative estimate of drug-likeness (QED) is 0.696. The Morgan fingerprint density at radius 3 is 2.79 bits per heavy atom. The third-order valence-corrected chi connectivity index (χ3v) is 4.40. The van der Waals surface area contributed by atoms with Gasteiger partial charge in [-0.15, -0.1) is 0 Å².